The average molecular weight is 318 g/mol. The van der Waals surface area contributed by atoms with E-state index in [1.807, 2.05) is 23.6 Å². The van der Waals surface area contributed by atoms with Crippen LogP contribution < -0.4 is 0 Å². The Bertz CT molecular complexity index is 623. The summed E-state index contributed by atoms with van der Waals surface area (Å²) in [6.07, 6.45) is -3.44. The van der Waals surface area contributed by atoms with Crippen molar-refractivity contribution in [2.75, 3.05) is 0 Å². The molecule has 0 spiro atoms. The highest BCUT2D eigenvalue weighted by atomic mass is 35.5. The fourth-order valence-corrected chi connectivity index (χ4v) is 3.45. The third-order valence-corrected chi connectivity index (χ3v) is 4.72. The molecule has 6 heteroatoms. The smallest absolute Gasteiger partial charge is 0.241 e. The van der Waals surface area contributed by atoms with Gasteiger partial charge < -0.3 is 0 Å². The molecule has 1 nitrogen and oxygen atoms in total. The molecule has 1 fully saturated rings. The predicted molar refractivity (Wildman–Crippen MR) is 73.9 cm³/mol. The number of benzene rings is 1. The van der Waals surface area contributed by atoms with Gasteiger partial charge in [0.1, 0.15) is 5.01 Å². The second-order valence-electron chi connectivity index (χ2n) is 4.97. The highest BCUT2D eigenvalue weighted by Gasteiger charge is 2.55. The monoisotopic (exact) mass is 317 g/mol. The van der Waals surface area contributed by atoms with Gasteiger partial charge in [0.25, 0.3) is 0 Å². The summed E-state index contributed by atoms with van der Waals surface area (Å²) in [7, 11) is 0. The molecule has 106 valence electrons. The number of rotatable bonds is 3. The van der Waals surface area contributed by atoms with Crippen LogP contribution in [0, 0.1) is 11.8 Å². The van der Waals surface area contributed by atoms with Crippen molar-refractivity contribution in [3.63, 3.8) is 0 Å². The molecule has 2 aromatic rings. The SMILES string of the molecule is FC(F)(F)C1CC1Cc1csc(-c2ccccc2Cl)n1. The molecule has 1 heterocycles. The minimum atomic E-state index is -4.06. The Hall–Kier alpha value is -1.07. The van der Waals surface area contributed by atoms with Gasteiger partial charge in [-0.25, -0.2) is 4.98 Å². The Kier molecular flexibility index (Phi) is 3.50. The van der Waals surface area contributed by atoms with E-state index in [-0.39, 0.29) is 12.3 Å². The van der Waals surface area contributed by atoms with Gasteiger partial charge in [-0.2, -0.15) is 13.2 Å². The quantitative estimate of drug-likeness (QED) is 0.757. The van der Waals surface area contributed by atoms with Crippen LogP contribution in [0.1, 0.15) is 12.1 Å². The highest BCUT2D eigenvalue weighted by Crippen LogP contribution is 2.51. The number of thiazole rings is 1. The highest BCUT2D eigenvalue weighted by molar-refractivity contribution is 7.13. The first kappa shape index (κ1) is 13.9. The summed E-state index contributed by atoms with van der Waals surface area (Å²) in [5.74, 6) is -1.45. The number of hydrogen-bond donors (Lipinski definition) is 0. The van der Waals surface area contributed by atoms with E-state index in [0.29, 0.717) is 11.4 Å². The van der Waals surface area contributed by atoms with Crippen LogP contribution in [0.25, 0.3) is 10.6 Å². The van der Waals surface area contributed by atoms with E-state index in [1.165, 1.54) is 11.3 Å². The number of alkyl halides is 3. The second kappa shape index (κ2) is 5.04. The van der Waals surface area contributed by atoms with E-state index in [4.69, 9.17) is 11.6 Å². The lowest BCUT2D eigenvalue weighted by Gasteiger charge is -2.03. The Balaban J connectivity index is 1.71. The van der Waals surface area contributed by atoms with Crippen molar-refractivity contribution in [3.8, 4) is 10.6 Å². The number of hydrogen-bond acceptors (Lipinski definition) is 2. The molecule has 0 N–H and O–H groups in total. The summed E-state index contributed by atoms with van der Waals surface area (Å²) in [5.41, 5.74) is 1.55. The molecular weight excluding hydrogens is 307 g/mol. The lowest BCUT2D eigenvalue weighted by Crippen LogP contribution is -2.12. The molecule has 1 aromatic heterocycles. The molecule has 0 aliphatic heterocycles. The molecule has 2 unspecified atom stereocenters. The molecule has 1 saturated carbocycles. The van der Waals surface area contributed by atoms with Crippen LogP contribution in [0.5, 0.6) is 0 Å². The van der Waals surface area contributed by atoms with Crippen molar-refractivity contribution in [1.82, 2.24) is 4.98 Å². The van der Waals surface area contributed by atoms with Crippen LogP contribution >= 0.6 is 22.9 Å². The van der Waals surface area contributed by atoms with E-state index in [2.05, 4.69) is 4.98 Å². The maximum atomic E-state index is 12.5. The average Bonchev–Trinajstić information content (AvgIpc) is 3.00. The van der Waals surface area contributed by atoms with Gasteiger partial charge in [0.2, 0.25) is 0 Å². The van der Waals surface area contributed by atoms with Crippen molar-refractivity contribution in [1.29, 1.82) is 0 Å². The summed E-state index contributed by atoms with van der Waals surface area (Å²) in [6, 6.07) is 7.33. The summed E-state index contributed by atoms with van der Waals surface area (Å²) in [6.45, 7) is 0. The molecule has 0 amide bonds. The zero-order chi connectivity index (χ0) is 14.3. The van der Waals surface area contributed by atoms with Crippen LogP contribution in [-0.4, -0.2) is 11.2 Å². The van der Waals surface area contributed by atoms with E-state index < -0.39 is 12.1 Å². The fourth-order valence-electron chi connectivity index (χ4n) is 2.30. The van der Waals surface area contributed by atoms with E-state index in [0.717, 1.165) is 16.3 Å². The number of halogens is 4. The summed E-state index contributed by atoms with van der Waals surface area (Å²) >= 11 is 7.51. The largest absolute Gasteiger partial charge is 0.392 e. The zero-order valence-electron chi connectivity index (χ0n) is 10.3. The Morgan fingerprint density at radius 3 is 2.70 bits per heavy atom. The predicted octanol–water partition coefficient (Wildman–Crippen LogP) is 5.20. The minimum Gasteiger partial charge on any atom is -0.241 e. The van der Waals surface area contributed by atoms with Crippen LogP contribution in [0.4, 0.5) is 13.2 Å². The Morgan fingerprint density at radius 2 is 2.05 bits per heavy atom. The third kappa shape index (κ3) is 2.83. The molecule has 1 aliphatic rings. The van der Waals surface area contributed by atoms with Gasteiger partial charge >= 0.3 is 6.18 Å². The van der Waals surface area contributed by atoms with Gasteiger partial charge in [-0.3, -0.25) is 0 Å². The molecule has 1 aromatic carbocycles. The maximum Gasteiger partial charge on any atom is 0.392 e. The van der Waals surface area contributed by atoms with Gasteiger partial charge in [-0.1, -0.05) is 29.8 Å². The molecule has 0 radical (unpaired) electrons. The second-order valence-corrected chi connectivity index (χ2v) is 6.24. The van der Waals surface area contributed by atoms with E-state index in [9.17, 15) is 13.2 Å². The zero-order valence-corrected chi connectivity index (χ0v) is 11.9. The first-order chi connectivity index (χ1) is 9.45. The van der Waals surface area contributed by atoms with Crippen molar-refractivity contribution in [2.24, 2.45) is 11.8 Å². The van der Waals surface area contributed by atoms with Gasteiger partial charge in [-0.05, 0) is 24.8 Å². The molecule has 2 atom stereocenters. The Morgan fingerprint density at radius 1 is 1.30 bits per heavy atom. The first-order valence-corrected chi connectivity index (χ1v) is 7.47. The van der Waals surface area contributed by atoms with Gasteiger partial charge in [0.05, 0.1) is 16.6 Å². The van der Waals surface area contributed by atoms with E-state index in [1.54, 1.807) is 6.07 Å². The Labute approximate surface area is 123 Å². The lowest BCUT2D eigenvalue weighted by atomic mass is 10.2. The summed E-state index contributed by atoms with van der Waals surface area (Å²) in [5, 5.41) is 3.19. The van der Waals surface area contributed by atoms with Crippen molar-refractivity contribution >= 4 is 22.9 Å². The molecule has 0 bridgehead atoms. The molecule has 20 heavy (non-hydrogen) atoms. The van der Waals surface area contributed by atoms with E-state index >= 15 is 0 Å². The molecule has 0 saturated heterocycles. The minimum absolute atomic E-state index is 0.225. The fraction of sp³-hybridized carbons (Fsp3) is 0.357. The topological polar surface area (TPSA) is 12.9 Å². The molecule has 3 rings (SSSR count). The molecular formula is C14H11ClF3NS. The lowest BCUT2D eigenvalue weighted by molar-refractivity contribution is -0.150. The number of aromatic nitrogens is 1. The van der Waals surface area contributed by atoms with Gasteiger partial charge in [-0.15, -0.1) is 11.3 Å². The summed E-state index contributed by atoms with van der Waals surface area (Å²) in [4.78, 5) is 4.40. The number of nitrogens with zero attached hydrogens (tertiary/aromatic N) is 1. The van der Waals surface area contributed by atoms with Crippen molar-refractivity contribution in [2.45, 2.75) is 19.0 Å². The van der Waals surface area contributed by atoms with Crippen molar-refractivity contribution in [3.05, 3.63) is 40.4 Å². The maximum absolute atomic E-state index is 12.5. The third-order valence-electron chi connectivity index (χ3n) is 3.47. The van der Waals surface area contributed by atoms with Crippen molar-refractivity contribution < 1.29 is 13.2 Å². The normalized spacial score (nSPS) is 22.0. The standard InChI is InChI=1S/C14H11ClF3NS/c15-12-4-2-1-3-10(12)13-19-9(7-20-13)5-8-6-11(8)14(16,17)18/h1-4,7-8,11H,5-6H2. The van der Waals surface area contributed by atoms with Gasteiger partial charge in [0, 0.05) is 10.9 Å². The summed E-state index contributed by atoms with van der Waals surface area (Å²) < 4.78 is 37.4. The molecule has 1 aliphatic carbocycles. The van der Waals surface area contributed by atoms with Crippen LogP contribution in [0.15, 0.2) is 29.6 Å². The van der Waals surface area contributed by atoms with Crippen LogP contribution in [0.2, 0.25) is 5.02 Å². The first-order valence-electron chi connectivity index (χ1n) is 6.21. The van der Waals surface area contributed by atoms with Crippen LogP contribution in [0.3, 0.4) is 0 Å². The van der Waals surface area contributed by atoms with Crippen LogP contribution in [-0.2, 0) is 6.42 Å². The van der Waals surface area contributed by atoms with Gasteiger partial charge in [0.15, 0.2) is 0 Å².